The van der Waals surface area contributed by atoms with E-state index in [2.05, 4.69) is 274 Å². The monoisotopic (exact) mass is 1700 g/mol. The number of aromatic nitrogens is 10. The Labute approximate surface area is 754 Å². The van der Waals surface area contributed by atoms with E-state index < -0.39 is 6.85 Å². The van der Waals surface area contributed by atoms with Crippen molar-refractivity contribution in [1.29, 1.82) is 0 Å². The lowest BCUT2D eigenvalue weighted by Gasteiger charge is -2.10. The van der Waals surface area contributed by atoms with Crippen LogP contribution in [0, 0.1) is 69.2 Å². The average Bonchev–Trinajstić information content (AvgIpc) is 1.56. The molecule has 25 rings (SSSR count). The van der Waals surface area contributed by atoms with Gasteiger partial charge in [-0.25, -0.2) is 18.3 Å². The van der Waals surface area contributed by atoms with Crippen molar-refractivity contribution >= 4 is 164 Å². The molecule has 10 heterocycles. The average molecular weight is 1700 g/mol. The van der Waals surface area contributed by atoms with Crippen molar-refractivity contribution in [2.45, 2.75) is 69.2 Å². The summed E-state index contributed by atoms with van der Waals surface area (Å²) in [7, 11) is 10.0. The molecule has 0 fully saturated rings. The first-order valence-electron chi connectivity index (χ1n) is 45.2. The van der Waals surface area contributed by atoms with Crippen LogP contribution in [0.5, 0.6) is 0 Å². The van der Waals surface area contributed by atoms with Crippen LogP contribution in [0.1, 0.15) is 60.0 Å². The Balaban J connectivity index is 0.000000100. The van der Waals surface area contributed by atoms with Gasteiger partial charge in [0, 0.05) is 123 Å². The fraction of sp³-hybridized carbons (Fsp3) is 0.130. The van der Waals surface area contributed by atoms with Crippen molar-refractivity contribution in [3.8, 4) is 56.3 Å². The molecular formula is C115H95N10O5+5. The molecule has 15 heteroatoms. The maximum absolute atomic E-state index is 8.12. The van der Waals surface area contributed by atoms with Crippen molar-refractivity contribution in [3.05, 3.63) is 361 Å². The standard InChI is InChI=1S/C24H21N2O.3C23H19N2O.C22H17N2O/c1-14-11-20-19-10-9-17-7-5-6-8-18(17)23(19)27-24(20)22(16(14)3)21-12-15(2)25-13-26(21)4;1-14-8-10-19-18-11-9-16-6-4-5-7-17(16)22(18)26-23(19)21(14)20-12-15(2)24-13-25(20)3;1-14-12-19-18-9-8-16-6-4-5-7-17(16)22(18)26-23(19)21(15(14)2)20-10-11-24-13-25(20)3;1-14-12-15(2)21(19-10-11-24-13-25(19)3)23-20(14)18-9-8-16-6-4-5-7-17(16)22(18)26-23;1-14-7-9-18-17-10-8-15-5-3-4-6-16(15)21(17)25-22(18)20(14)19-13-23-11-12-24(19)2/h5-13H,1-4H3;3*4-13H,1-3H3;3-13H,1-2H3/q5*+1/i;;;1D3;. The molecule has 15 nitrogen and oxygen atoms in total. The molecule has 0 aliphatic heterocycles. The van der Waals surface area contributed by atoms with Crippen LogP contribution in [0.2, 0.25) is 0 Å². The summed E-state index contributed by atoms with van der Waals surface area (Å²) >= 11 is 0. The second-order valence-electron chi connectivity index (χ2n) is 34.3. The number of rotatable bonds is 5. The number of benzene rings is 15. The highest BCUT2D eigenvalue weighted by Gasteiger charge is 2.29. The summed E-state index contributed by atoms with van der Waals surface area (Å²) in [5.74, 6) is 0. The molecule has 0 aliphatic carbocycles. The van der Waals surface area contributed by atoms with E-state index in [0.717, 1.165) is 177 Å². The van der Waals surface area contributed by atoms with Crippen LogP contribution >= 0.6 is 0 Å². The third-order valence-electron chi connectivity index (χ3n) is 26.1. The lowest BCUT2D eigenvalue weighted by atomic mass is 9.96. The highest BCUT2D eigenvalue weighted by molar-refractivity contribution is 6.23. The van der Waals surface area contributed by atoms with Gasteiger partial charge in [-0.05, 0) is 169 Å². The first kappa shape index (κ1) is 77.6. The van der Waals surface area contributed by atoms with Gasteiger partial charge in [0.05, 0.1) is 68.4 Å². The van der Waals surface area contributed by atoms with Gasteiger partial charge in [0.15, 0.2) is 17.6 Å². The highest BCUT2D eigenvalue weighted by Crippen LogP contribution is 2.47. The molecule has 0 bridgehead atoms. The number of aryl methyl sites for hydroxylation is 13. The van der Waals surface area contributed by atoms with Gasteiger partial charge in [-0.3, -0.25) is 4.98 Å². The molecule has 0 radical (unpaired) electrons. The second-order valence-corrected chi connectivity index (χ2v) is 34.3. The van der Waals surface area contributed by atoms with E-state index in [1.807, 2.05) is 151 Å². The van der Waals surface area contributed by atoms with E-state index in [4.69, 9.17) is 26.2 Å². The molecule has 630 valence electrons. The zero-order valence-corrected chi connectivity index (χ0v) is 74.9. The first-order chi connectivity index (χ1) is 64.4. The summed E-state index contributed by atoms with van der Waals surface area (Å²) in [6, 6.07) is 86.0. The van der Waals surface area contributed by atoms with E-state index in [9.17, 15) is 0 Å². The Morgan fingerprint density at radius 2 is 0.569 bits per heavy atom. The van der Waals surface area contributed by atoms with Crippen LogP contribution in [0.15, 0.2) is 327 Å². The molecular weight excluding hydrogens is 1600 g/mol. The van der Waals surface area contributed by atoms with Crippen molar-refractivity contribution < 1.29 is 49.0 Å². The fourth-order valence-corrected chi connectivity index (χ4v) is 19.1. The first-order valence-corrected chi connectivity index (χ1v) is 43.7. The largest absolute Gasteiger partial charge is 0.455 e. The van der Waals surface area contributed by atoms with Gasteiger partial charge in [-0.15, -0.1) is 0 Å². The number of fused-ring (bicyclic) bond motifs is 25. The lowest BCUT2D eigenvalue weighted by Crippen LogP contribution is -2.31. The quantitative estimate of drug-likeness (QED) is 0.152. The zero-order valence-electron chi connectivity index (χ0n) is 77.9. The van der Waals surface area contributed by atoms with Gasteiger partial charge in [0.25, 0.3) is 25.3 Å². The predicted molar refractivity (Wildman–Crippen MR) is 526 cm³/mol. The third kappa shape index (κ3) is 13.7. The number of hydrogen-bond acceptors (Lipinski definition) is 10. The second kappa shape index (κ2) is 32.5. The Bertz CT molecular complexity index is 9110. The minimum absolute atomic E-state index is 0.319. The summed E-state index contributed by atoms with van der Waals surface area (Å²) in [6.45, 7) is 16.7. The van der Waals surface area contributed by atoms with E-state index in [-0.39, 0.29) is 0 Å². The van der Waals surface area contributed by atoms with Crippen LogP contribution in [-0.4, -0.2) is 24.9 Å². The molecule has 130 heavy (non-hydrogen) atoms. The van der Waals surface area contributed by atoms with Gasteiger partial charge >= 0.3 is 0 Å². The predicted octanol–water partition coefficient (Wildman–Crippen LogP) is 26.2. The normalized spacial score (nSPS) is 12.1. The van der Waals surface area contributed by atoms with Crippen molar-refractivity contribution in [1.82, 2.24) is 24.9 Å². The molecule has 10 aromatic heterocycles. The molecule has 0 aliphatic rings. The van der Waals surface area contributed by atoms with E-state index in [1.165, 1.54) is 76.5 Å². The smallest absolute Gasteiger partial charge is 0.286 e. The minimum atomic E-state index is -2.25. The van der Waals surface area contributed by atoms with Gasteiger partial charge in [0.1, 0.15) is 98.0 Å². The molecule has 25 aromatic rings. The van der Waals surface area contributed by atoms with E-state index in [1.54, 1.807) is 24.8 Å². The van der Waals surface area contributed by atoms with Crippen LogP contribution in [0.4, 0.5) is 0 Å². The van der Waals surface area contributed by atoms with Crippen molar-refractivity contribution in [3.63, 3.8) is 0 Å². The van der Waals surface area contributed by atoms with Crippen LogP contribution in [0.3, 0.4) is 0 Å². The van der Waals surface area contributed by atoms with Crippen LogP contribution in [0.25, 0.3) is 220 Å². The van der Waals surface area contributed by atoms with Crippen LogP contribution in [-0.2, 0) is 35.2 Å². The van der Waals surface area contributed by atoms with E-state index >= 15 is 0 Å². The fourth-order valence-electron chi connectivity index (χ4n) is 19.1. The van der Waals surface area contributed by atoms with Gasteiger partial charge in [-0.1, -0.05) is 202 Å². The number of nitrogens with zero attached hydrogens (tertiary/aromatic N) is 10. The summed E-state index contributed by atoms with van der Waals surface area (Å²) in [4.78, 5) is 21.5. The SMILES string of the molecule is Cc1cc(-c2c(C)c(C)cc3c2oc2c4ccccc4ccc32)[n+](C)cn1.Cc1cc(-c2c(C)ccc3c2oc2c4ccccc4ccc32)[n+](C)cn1.Cc1cc2c(oc3c4ccccc4ccc23)c(-c2ccnc[n+]2C)c1C.Cc1ccc2c(oc3c4ccccc4ccc23)c1-c1cncc[n+]1C.[2H]C([2H])([2H])c1cc(C)c(-c2ccnc[n+]2C)c2oc3c4ccccc4ccc3c12. The molecule has 0 spiro atoms. The highest BCUT2D eigenvalue weighted by atomic mass is 16.3. The molecule has 0 N–H and O–H groups in total. The maximum Gasteiger partial charge on any atom is 0.286 e. The van der Waals surface area contributed by atoms with Gasteiger partial charge < -0.3 is 22.1 Å². The summed E-state index contributed by atoms with van der Waals surface area (Å²) in [6.07, 6.45) is 16.5. The molecule has 0 atom stereocenters. The van der Waals surface area contributed by atoms with Crippen molar-refractivity contribution in [2.24, 2.45) is 35.2 Å². The maximum atomic E-state index is 8.12. The third-order valence-corrected chi connectivity index (χ3v) is 26.1. The summed E-state index contributed by atoms with van der Waals surface area (Å²) in [5, 5.41) is 22.2. The Morgan fingerprint density at radius 3 is 0.985 bits per heavy atom. The minimum Gasteiger partial charge on any atom is -0.455 e. The topological polar surface area (TPSA) is 150 Å². The molecule has 0 unspecified atom stereocenters. The van der Waals surface area contributed by atoms with E-state index in [0.29, 0.717) is 22.1 Å². The molecule has 15 aromatic carbocycles. The Hall–Kier alpha value is -16.0. The van der Waals surface area contributed by atoms with Crippen molar-refractivity contribution in [2.75, 3.05) is 0 Å². The molecule has 0 saturated heterocycles. The van der Waals surface area contributed by atoms with Gasteiger partial charge in [0.2, 0.25) is 5.69 Å². The summed E-state index contributed by atoms with van der Waals surface area (Å²) < 4.78 is 67.0. The molecule has 0 amide bonds. The lowest BCUT2D eigenvalue weighted by molar-refractivity contribution is -0.663. The number of hydrogen-bond donors (Lipinski definition) is 0. The zero-order chi connectivity index (χ0) is 91.7. The molecule has 0 saturated carbocycles. The number of furan rings is 5. The Morgan fingerprint density at radius 1 is 0.238 bits per heavy atom. The summed E-state index contributed by atoms with van der Waals surface area (Å²) in [5.41, 5.74) is 30.2. The Kier molecular flexibility index (Phi) is 19.4. The van der Waals surface area contributed by atoms with Crippen LogP contribution < -0.4 is 22.8 Å². The van der Waals surface area contributed by atoms with Gasteiger partial charge in [-0.2, -0.15) is 4.57 Å².